The van der Waals surface area contributed by atoms with Crippen LogP contribution in [0.4, 0.5) is 4.39 Å². The second-order valence-corrected chi connectivity index (χ2v) is 7.26. The molecule has 0 amide bonds. The van der Waals surface area contributed by atoms with Crippen molar-refractivity contribution in [1.29, 1.82) is 0 Å². The largest absolute Gasteiger partial charge is 0.309 e. The van der Waals surface area contributed by atoms with Crippen molar-refractivity contribution >= 4 is 23.1 Å². The smallest absolute Gasteiger partial charge is 0.308 e. The lowest BCUT2D eigenvalue weighted by Gasteiger charge is -2.18. The molecule has 3 rings (SSSR count). The highest BCUT2D eigenvalue weighted by Crippen LogP contribution is 2.41. The molecule has 1 heterocycles. The van der Waals surface area contributed by atoms with Crippen LogP contribution in [0.3, 0.4) is 0 Å². The molecule has 0 aliphatic rings. The van der Waals surface area contributed by atoms with Gasteiger partial charge in [-0.3, -0.25) is 0 Å². The number of rotatable bonds is 3. The number of halogens is 1. The third kappa shape index (κ3) is 2.50. The van der Waals surface area contributed by atoms with Gasteiger partial charge >= 0.3 is 6.08 Å². The highest BCUT2D eigenvalue weighted by Gasteiger charge is 2.30. The average Bonchev–Trinajstić information content (AvgIpc) is 2.56. The minimum atomic E-state index is -3.09. The maximum absolute atomic E-state index is 13.7. The minimum Gasteiger partial charge on any atom is -0.309 e. The third-order valence-corrected chi connectivity index (χ3v) is 6.22. The van der Waals surface area contributed by atoms with Gasteiger partial charge in [0.2, 0.25) is 0 Å². The molecule has 0 saturated carbocycles. The number of hydrogen-bond donors (Lipinski definition) is 0. The second kappa shape index (κ2) is 5.58. The summed E-state index contributed by atoms with van der Waals surface area (Å²) < 4.78 is 26.7. The Balaban J connectivity index is 2.26. The Morgan fingerprint density at radius 3 is 1.57 bits per heavy atom. The summed E-state index contributed by atoms with van der Waals surface area (Å²) in [5.74, 6) is 0. The molecule has 0 fully saturated rings. The van der Waals surface area contributed by atoms with Gasteiger partial charge < -0.3 is 4.57 Å². The van der Waals surface area contributed by atoms with E-state index in [9.17, 15) is 8.96 Å². The first-order chi connectivity index (χ1) is 10.2. The van der Waals surface area contributed by atoms with E-state index >= 15 is 0 Å². The zero-order chi connectivity index (χ0) is 14.7. The summed E-state index contributed by atoms with van der Waals surface area (Å²) >= 11 is 0. The molecule has 0 atom stereocenters. The SMILES string of the molecule is O=P(c1ccccc1)(c1ccccc1)c1cnc(F)nc1. The van der Waals surface area contributed by atoms with Crippen molar-refractivity contribution in [2.75, 3.05) is 0 Å². The van der Waals surface area contributed by atoms with Gasteiger partial charge in [-0.25, -0.2) is 9.97 Å². The molecule has 0 aliphatic heterocycles. The lowest BCUT2D eigenvalue weighted by molar-refractivity contribution is 0.539. The first-order valence-electron chi connectivity index (χ1n) is 6.40. The topological polar surface area (TPSA) is 42.9 Å². The zero-order valence-corrected chi connectivity index (χ0v) is 12.0. The van der Waals surface area contributed by atoms with E-state index < -0.39 is 13.2 Å². The number of hydrogen-bond acceptors (Lipinski definition) is 3. The molecule has 3 aromatic rings. The van der Waals surface area contributed by atoms with Crippen LogP contribution in [0.15, 0.2) is 73.1 Å². The summed E-state index contributed by atoms with van der Waals surface area (Å²) in [6.07, 6.45) is 1.76. The van der Waals surface area contributed by atoms with Gasteiger partial charge in [0.05, 0.1) is 5.30 Å². The van der Waals surface area contributed by atoms with Gasteiger partial charge in [-0.15, -0.1) is 0 Å². The summed E-state index contributed by atoms with van der Waals surface area (Å²) in [6, 6.07) is 18.2. The van der Waals surface area contributed by atoms with Gasteiger partial charge in [0.1, 0.15) is 0 Å². The summed E-state index contributed by atoms with van der Waals surface area (Å²) in [5, 5.41) is 1.76. The van der Waals surface area contributed by atoms with Crippen LogP contribution in [0.1, 0.15) is 0 Å². The highest BCUT2D eigenvalue weighted by atomic mass is 31.2. The molecule has 0 spiro atoms. The first kappa shape index (κ1) is 13.7. The predicted octanol–water partition coefficient (Wildman–Crippen LogP) is 2.26. The molecule has 0 saturated heterocycles. The maximum Gasteiger partial charge on any atom is 0.308 e. The van der Waals surface area contributed by atoms with Gasteiger partial charge in [0, 0.05) is 23.0 Å². The quantitative estimate of drug-likeness (QED) is 0.550. The number of nitrogens with zero attached hydrogens (tertiary/aromatic N) is 2. The Bertz CT molecular complexity index is 733. The van der Waals surface area contributed by atoms with Crippen molar-refractivity contribution < 1.29 is 8.96 Å². The van der Waals surface area contributed by atoms with Crippen molar-refractivity contribution in [2.24, 2.45) is 0 Å². The van der Waals surface area contributed by atoms with Crippen LogP contribution in [0, 0.1) is 6.08 Å². The normalized spacial score (nSPS) is 11.3. The Morgan fingerprint density at radius 2 is 1.14 bits per heavy atom. The van der Waals surface area contributed by atoms with Gasteiger partial charge in [0.15, 0.2) is 7.14 Å². The van der Waals surface area contributed by atoms with Crippen molar-refractivity contribution in [3.05, 3.63) is 79.1 Å². The van der Waals surface area contributed by atoms with Crippen molar-refractivity contribution in [3.8, 4) is 0 Å². The monoisotopic (exact) mass is 298 g/mol. The van der Waals surface area contributed by atoms with E-state index in [1.807, 2.05) is 36.4 Å². The van der Waals surface area contributed by atoms with Crippen LogP contribution in [0.25, 0.3) is 0 Å². The molecule has 0 bridgehead atoms. The first-order valence-corrected chi connectivity index (χ1v) is 8.11. The van der Waals surface area contributed by atoms with Crippen LogP contribution >= 0.6 is 7.14 Å². The summed E-state index contributed by atoms with van der Waals surface area (Å²) in [6.45, 7) is 0. The fourth-order valence-corrected chi connectivity index (χ4v) is 4.71. The van der Waals surface area contributed by atoms with Crippen molar-refractivity contribution in [3.63, 3.8) is 0 Å². The van der Waals surface area contributed by atoms with Crippen molar-refractivity contribution in [1.82, 2.24) is 9.97 Å². The molecule has 104 valence electrons. The van der Waals surface area contributed by atoms with E-state index in [-0.39, 0.29) is 0 Å². The second-order valence-electron chi connectivity index (χ2n) is 4.49. The van der Waals surface area contributed by atoms with Gasteiger partial charge in [-0.1, -0.05) is 60.7 Å². The number of aromatic nitrogens is 2. The maximum atomic E-state index is 13.7. The minimum absolute atomic E-state index is 0.418. The Hall–Kier alpha value is -2.32. The predicted molar refractivity (Wildman–Crippen MR) is 81.4 cm³/mol. The molecule has 0 unspecified atom stereocenters. The van der Waals surface area contributed by atoms with E-state index in [4.69, 9.17) is 0 Å². The van der Waals surface area contributed by atoms with Gasteiger partial charge in [-0.05, 0) is 0 Å². The number of benzene rings is 2. The Kier molecular flexibility index (Phi) is 3.63. The van der Waals surface area contributed by atoms with Crippen LogP contribution in [0.2, 0.25) is 0 Å². The molecule has 0 aliphatic carbocycles. The fourth-order valence-electron chi connectivity index (χ4n) is 2.19. The van der Waals surface area contributed by atoms with Crippen molar-refractivity contribution in [2.45, 2.75) is 0 Å². The third-order valence-electron chi connectivity index (χ3n) is 3.21. The Morgan fingerprint density at radius 1 is 0.714 bits per heavy atom. The summed E-state index contributed by atoms with van der Waals surface area (Å²) in [4.78, 5) is 7.09. The molecule has 2 aromatic carbocycles. The molecule has 5 heteroatoms. The van der Waals surface area contributed by atoms with E-state index in [0.717, 1.165) is 0 Å². The van der Waals surface area contributed by atoms with Gasteiger partial charge in [0.25, 0.3) is 0 Å². The summed E-state index contributed by atoms with van der Waals surface area (Å²) in [7, 11) is -3.09. The van der Waals surface area contributed by atoms with E-state index in [1.54, 1.807) is 24.3 Å². The average molecular weight is 298 g/mol. The molecule has 21 heavy (non-hydrogen) atoms. The molecule has 0 radical (unpaired) electrons. The molecular weight excluding hydrogens is 286 g/mol. The lowest BCUT2D eigenvalue weighted by atomic mass is 10.4. The van der Waals surface area contributed by atoms with Crippen LogP contribution in [-0.2, 0) is 4.57 Å². The molecule has 3 nitrogen and oxygen atoms in total. The van der Waals surface area contributed by atoms with Crippen LogP contribution in [0.5, 0.6) is 0 Å². The standard InChI is InChI=1S/C16H12FN2OP/c17-16-18-11-15(12-19-16)21(20,13-7-3-1-4-8-13)14-9-5-2-6-10-14/h1-12H. The fraction of sp³-hybridized carbons (Fsp3) is 0. The summed E-state index contributed by atoms with van der Waals surface area (Å²) in [5.41, 5.74) is 0. The van der Waals surface area contributed by atoms with Gasteiger partial charge in [-0.2, -0.15) is 4.39 Å². The van der Waals surface area contributed by atoms with E-state index in [1.165, 1.54) is 12.4 Å². The zero-order valence-electron chi connectivity index (χ0n) is 11.1. The van der Waals surface area contributed by atoms with E-state index in [0.29, 0.717) is 15.9 Å². The van der Waals surface area contributed by atoms with Crippen LogP contribution < -0.4 is 15.9 Å². The molecule has 0 N–H and O–H groups in total. The highest BCUT2D eigenvalue weighted by molar-refractivity contribution is 7.85. The lowest BCUT2D eigenvalue weighted by Crippen LogP contribution is -2.25. The molecule has 1 aromatic heterocycles. The van der Waals surface area contributed by atoms with Crippen LogP contribution in [-0.4, -0.2) is 9.97 Å². The Labute approximate surface area is 121 Å². The molecular formula is C16H12FN2OP. The van der Waals surface area contributed by atoms with E-state index in [2.05, 4.69) is 9.97 Å².